The minimum Gasteiger partial charge on any atom is -0.305 e. The Morgan fingerprint density at radius 1 is 0.818 bits per heavy atom. The molecule has 33 heavy (non-hydrogen) atoms. The molecule has 0 aliphatic heterocycles. The largest absolute Gasteiger partial charge is 0.305 e. The van der Waals surface area contributed by atoms with Crippen LogP contribution in [-0.4, -0.2) is 18.0 Å². The second-order valence-corrected chi connectivity index (χ2v) is 13.4. The Hall–Kier alpha value is -2.60. The summed E-state index contributed by atoms with van der Waals surface area (Å²) >= 11 is 0. The van der Waals surface area contributed by atoms with Gasteiger partial charge in [-0.15, -0.1) is 42.0 Å². The zero-order chi connectivity index (χ0) is 23.3. The van der Waals surface area contributed by atoms with E-state index in [2.05, 4.69) is 41.7 Å². The third-order valence-corrected chi connectivity index (χ3v) is 6.71. The molecule has 0 spiro atoms. The number of nitrogens with zero attached hydrogens (tertiary/aromatic N) is 2. The van der Waals surface area contributed by atoms with E-state index in [1.54, 1.807) is 18.3 Å². The molecule has 0 aliphatic carbocycles. The van der Waals surface area contributed by atoms with E-state index in [0.29, 0.717) is 5.69 Å². The molecular formula is C26H23F3IrN2Si-2. The summed E-state index contributed by atoms with van der Waals surface area (Å²) in [6.07, 6.45) is 1.78. The number of hydrogen-bond acceptors (Lipinski definition) is 2. The quantitative estimate of drug-likeness (QED) is 0.192. The average molecular weight is 641 g/mol. The number of pyridine rings is 2. The van der Waals surface area contributed by atoms with Crippen molar-refractivity contribution in [1.29, 1.82) is 0 Å². The molecule has 0 saturated heterocycles. The van der Waals surface area contributed by atoms with Crippen molar-refractivity contribution < 1.29 is 33.3 Å². The number of aromatic nitrogens is 2. The molecule has 0 amide bonds. The SMILES string of the molecule is C[Si](C)(C)c1ccc(-c2[c-]cc(F)cc2F)nc1.Cc1cccc(-c2[c-]cc(F)cc2)n1.[Ir]. The fourth-order valence-corrected chi connectivity index (χ4v) is 3.92. The Balaban J connectivity index is 0.000000233. The third-order valence-electron chi connectivity index (χ3n) is 4.68. The number of aryl methyl sites for hydroxylation is 1. The van der Waals surface area contributed by atoms with Crippen LogP contribution in [0.1, 0.15) is 5.69 Å². The minimum absolute atomic E-state index is 0. The van der Waals surface area contributed by atoms with Crippen molar-refractivity contribution in [1.82, 2.24) is 9.97 Å². The summed E-state index contributed by atoms with van der Waals surface area (Å²) in [5, 5.41) is 1.20. The van der Waals surface area contributed by atoms with E-state index in [9.17, 15) is 13.2 Å². The molecule has 2 heterocycles. The fourth-order valence-electron chi connectivity index (χ4n) is 2.88. The number of hydrogen-bond donors (Lipinski definition) is 0. The molecule has 0 atom stereocenters. The van der Waals surface area contributed by atoms with Gasteiger partial charge < -0.3 is 9.97 Å². The summed E-state index contributed by atoms with van der Waals surface area (Å²) in [5.74, 6) is -1.54. The van der Waals surface area contributed by atoms with Gasteiger partial charge in [-0.3, -0.25) is 13.2 Å². The standard InChI is InChI=1S/C14H14F2NSi.C12H9FN.Ir/c1-18(2,3)11-5-7-14(17-9-11)12-6-4-10(15)8-13(12)16;1-9-3-2-4-12(14-9)10-5-7-11(13)8-6-10;/h4-5,7-9H,1-3H3;2-5,7-8H,1H3;/q2*-1;. The van der Waals surface area contributed by atoms with Crippen molar-refractivity contribution in [2.24, 2.45) is 0 Å². The van der Waals surface area contributed by atoms with Crippen molar-refractivity contribution in [3.8, 4) is 22.5 Å². The summed E-state index contributed by atoms with van der Waals surface area (Å²) in [6, 6.07) is 21.3. The van der Waals surface area contributed by atoms with Gasteiger partial charge in [0.25, 0.3) is 0 Å². The molecule has 4 rings (SSSR count). The van der Waals surface area contributed by atoms with Gasteiger partial charge in [-0.1, -0.05) is 55.5 Å². The van der Waals surface area contributed by atoms with Crippen LogP contribution in [0.5, 0.6) is 0 Å². The fraction of sp³-hybridized carbons (Fsp3) is 0.154. The van der Waals surface area contributed by atoms with Gasteiger partial charge >= 0.3 is 0 Å². The van der Waals surface area contributed by atoms with Gasteiger partial charge in [-0.25, -0.2) is 0 Å². The monoisotopic (exact) mass is 641 g/mol. The van der Waals surface area contributed by atoms with E-state index in [4.69, 9.17) is 0 Å². The molecule has 0 unspecified atom stereocenters. The van der Waals surface area contributed by atoms with E-state index in [1.807, 2.05) is 31.2 Å². The molecule has 2 nitrogen and oxygen atoms in total. The zero-order valence-corrected chi connectivity index (χ0v) is 22.1. The summed E-state index contributed by atoms with van der Waals surface area (Å²) < 4.78 is 39.0. The number of benzene rings is 2. The van der Waals surface area contributed by atoms with Crippen molar-refractivity contribution >= 4 is 13.3 Å². The predicted molar refractivity (Wildman–Crippen MR) is 125 cm³/mol. The van der Waals surface area contributed by atoms with E-state index in [-0.39, 0.29) is 31.5 Å². The topological polar surface area (TPSA) is 25.8 Å². The van der Waals surface area contributed by atoms with E-state index in [1.165, 1.54) is 17.3 Å². The minimum atomic E-state index is -1.41. The van der Waals surface area contributed by atoms with Crippen LogP contribution < -0.4 is 5.19 Å². The van der Waals surface area contributed by atoms with Crippen molar-refractivity contribution in [2.45, 2.75) is 26.6 Å². The Labute approximate surface area is 207 Å². The van der Waals surface area contributed by atoms with Crippen LogP contribution in [-0.2, 0) is 20.1 Å². The maximum Gasteiger partial charge on any atom is 0.0795 e. The van der Waals surface area contributed by atoms with E-state index >= 15 is 0 Å². The zero-order valence-electron chi connectivity index (χ0n) is 18.7. The van der Waals surface area contributed by atoms with Crippen molar-refractivity contribution in [3.63, 3.8) is 0 Å². The van der Waals surface area contributed by atoms with Gasteiger partial charge in [-0.2, -0.15) is 0 Å². The molecule has 0 aliphatic rings. The van der Waals surface area contributed by atoms with Crippen molar-refractivity contribution in [2.75, 3.05) is 0 Å². The predicted octanol–water partition coefficient (Wildman–Crippen LogP) is 6.37. The summed E-state index contributed by atoms with van der Waals surface area (Å²) in [6.45, 7) is 8.57. The van der Waals surface area contributed by atoms with Crippen LogP contribution in [0.2, 0.25) is 19.6 Å². The Kier molecular flexibility index (Phi) is 9.29. The van der Waals surface area contributed by atoms with Crippen LogP contribution in [0.4, 0.5) is 13.2 Å². The van der Waals surface area contributed by atoms with Gasteiger partial charge in [0.15, 0.2) is 0 Å². The van der Waals surface area contributed by atoms with Crippen LogP contribution in [0.25, 0.3) is 22.5 Å². The first kappa shape index (κ1) is 26.6. The summed E-state index contributed by atoms with van der Waals surface area (Å²) in [7, 11) is -1.41. The molecule has 0 bridgehead atoms. The Morgan fingerprint density at radius 2 is 1.55 bits per heavy atom. The smallest absolute Gasteiger partial charge is 0.0795 e. The normalized spacial score (nSPS) is 10.6. The molecule has 7 heteroatoms. The molecule has 2 aromatic heterocycles. The first-order valence-electron chi connectivity index (χ1n) is 10.1. The third kappa shape index (κ3) is 7.46. The molecule has 4 aromatic rings. The molecule has 0 N–H and O–H groups in total. The van der Waals surface area contributed by atoms with E-state index in [0.717, 1.165) is 29.1 Å². The van der Waals surface area contributed by atoms with Crippen molar-refractivity contribution in [3.05, 3.63) is 102 Å². The Morgan fingerprint density at radius 3 is 2.09 bits per heavy atom. The van der Waals surface area contributed by atoms with Gasteiger partial charge in [0, 0.05) is 49.4 Å². The van der Waals surface area contributed by atoms with Gasteiger partial charge in [-0.05, 0) is 29.6 Å². The molecular weight excluding hydrogens is 618 g/mol. The van der Waals surface area contributed by atoms with Gasteiger partial charge in [0.2, 0.25) is 0 Å². The van der Waals surface area contributed by atoms with E-state index < -0.39 is 19.7 Å². The van der Waals surface area contributed by atoms with Crippen LogP contribution >= 0.6 is 0 Å². The maximum absolute atomic E-state index is 13.6. The molecule has 2 aromatic carbocycles. The maximum atomic E-state index is 13.6. The summed E-state index contributed by atoms with van der Waals surface area (Å²) in [4.78, 5) is 8.57. The second-order valence-electron chi connectivity index (χ2n) is 8.31. The average Bonchev–Trinajstić information content (AvgIpc) is 2.74. The van der Waals surface area contributed by atoms with Crippen LogP contribution in [0.3, 0.4) is 0 Å². The first-order chi connectivity index (χ1) is 15.1. The summed E-state index contributed by atoms with van der Waals surface area (Å²) in [5.41, 5.74) is 3.27. The Bertz CT molecular complexity index is 1190. The molecule has 173 valence electrons. The van der Waals surface area contributed by atoms with Gasteiger partial charge in [0.05, 0.1) is 8.07 Å². The van der Waals surface area contributed by atoms with Gasteiger partial charge in [0.1, 0.15) is 0 Å². The second kappa shape index (κ2) is 11.5. The van der Waals surface area contributed by atoms with Crippen LogP contribution in [0.15, 0.2) is 66.9 Å². The number of halogens is 3. The van der Waals surface area contributed by atoms with Crippen LogP contribution in [0, 0.1) is 36.5 Å². The first-order valence-corrected chi connectivity index (χ1v) is 13.6. The molecule has 1 radical (unpaired) electrons. The molecule has 0 saturated carbocycles. The number of rotatable bonds is 3. The molecule has 0 fully saturated rings.